The van der Waals surface area contributed by atoms with Crippen LogP contribution in [0.3, 0.4) is 0 Å². The summed E-state index contributed by atoms with van der Waals surface area (Å²) in [5.74, 6) is -0.108. The van der Waals surface area contributed by atoms with Crippen LogP contribution in [0.25, 0.3) is 10.4 Å². The fourth-order valence-corrected chi connectivity index (χ4v) is 6.25. The van der Waals surface area contributed by atoms with Crippen molar-refractivity contribution < 1.29 is 19.1 Å². The van der Waals surface area contributed by atoms with E-state index >= 15 is 0 Å². The maximum atomic E-state index is 13.7. The number of ether oxygens (including phenoxy) is 1. The number of thiazole rings is 1. The minimum atomic E-state index is -0.506. The Kier molecular flexibility index (Phi) is 8.61. The first-order valence-corrected chi connectivity index (χ1v) is 14.2. The van der Waals surface area contributed by atoms with Gasteiger partial charge in [-0.1, -0.05) is 18.5 Å². The minimum Gasteiger partial charge on any atom is -0.465 e. The average Bonchev–Trinajstić information content (AvgIpc) is 3.56. The van der Waals surface area contributed by atoms with E-state index in [1.807, 2.05) is 19.9 Å². The van der Waals surface area contributed by atoms with Crippen molar-refractivity contribution in [2.45, 2.75) is 52.5 Å². The van der Waals surface area contributed by atoms with Gasteiger partial charge in [-0.2, -0.15) is 0 Å². The summed E-state index contributed by atoms with van der Waals surface area (Å²) in [7, 11) is 1.33. The fourth-order valence-electron chi connectivity index (χ4n) is 4.46. The zero-order chi connectivity index (χ0) is 26.7. The Hall–Kier alpha value is -2.82. The van der Waals surface area contributed by atoms with Crippen molar-refractivity contribution in [3.05, 3.63) is 44.8 Å². The van der Waals surface area contributed by atoms with E-state index in [1.165, 1.54) is 29.8 Å². The summed E-state index contributed by atoms with van der Waals surface area (Å²) in [5.41, 5.74) is 3.03. The van der Waals surface area contributed by atoms with Crippen molar-refractivity contribution in [2.24, 2.45) is 11.8 Å². The largest absolute Gasteiger partial charge is 0.465 e. The lowest BCUT2D eigenvalue weighted by molar-refractivity contribution is -0.123. The van der Waals surface area contributed by atoms with E-state index in [-0.39, 0.29) is 34.4 Å². The highest BCUT2D eigenvalue weighted by molar-refractivity contribution is 7.18. The number of pyridine rings is 1. The number of methoxy groups -OCH3 is 1. The van der Waals surface area contributed by atoms with Crippen LogP contribution in [0.2, 0.25) is 5.02 Å². The summed E-state index contributed by atoms with van der Waals surface area (Å²) in [6, 6.07) is 3.34. The van der Waals surface area contributed by atoms with Gasteiger partial charge in [0.05, 0.1) is 23.3 Å². The first kappa shape index (κ1) is 27.2. The zero-order valence-corrected chi connectivity index (χ0v) is 23.5. The van der Waals surface area contributed by atoms with Crippen molar-refractivity contribution in [2.75, 3.05) is 17.3 Å². The number of hydrogen-bond donors (Lipinski definition) is 1. The number of hydrogen-bond acceptors (Lipinski definition) is 8. The highest BCUT2D eigenvalue weighted by atomic mass is 35.5. The normalized spacial score (nSPS) is 17.5. The standard InChI is InChI=1S/C26H29ClN4O4S2/c1-14(2)31(25(33)16-7-5-15(3)6-8-16)20-10-21(37-22(20)26(34)35-4)17-9-18(27)23(28-11-17)30-24(32)19-12-36-13-29-19/h9-16H,5-8H2,1-4H3,(H,28,30,32)/t15-,16-. The highest BCUT2D eigenvalue weighted by Crippen LogP contribution is 2.41. The molecule has 1 N–H and O–H groups in total. The van der Waals surface area contributed by atoms with Gasteiger partial charge in [0.1, 0.15) is 10.6 Å². The third-order valence-corrected chi connectivity index (χ3v) is 8.51. The first-order chi connectivity index (χ1) is 17.7. The van der Waals surface area contributed by atoms with Crippen LogP contribution < -0.4 is 10.2 Å². The topological polar surface area (TPSA) is 101 Å². The van der Waals surface area contributed by atoms with Gasteiger partial charge in [-0.3, -0.25) is 9.59 Å². The number of halogens is 1. The predicted octanol–water partition coefficient (Wildman–Crippen LogP) is 6.53. The van der Waals surface area contributed by atoms with Crippen LogP contribution in [0.4, 0.5) is 11.5 Å². The highest BCUT2D eigenvalue weighted by Gasteiger charge is 2.33. The van der Waals surface area contributed by atoms with Gasteiger partial charge in [-0.15, -0.1) is 22.7 Å². The third kappa shape index (κ3) is 6.02. The Morgan fingerprint density at radius 2 is 1.89 bits per heavy atom. The third-order valence-electron chi connectivity index (χ3n) is 6.48. The molecule has 1 aliphatic carbocycles. The van der Waals surface area contributed by atoms with E-state index in [9.17, 15) is 14.4 Å². The molecule has 1 fully saturated rings. The van der Waals surface area contributed by atoms with Crippen molar-refractivity contribution in [1.82, 2.24) is 9.97 Å². The van der Waals surface area contributed by atoms with Gasteiger partial charge in [0.25, 0.3) is 5.91 Å². The molecule has 0 atom stereocenters. The van der Waals surface area contributed by atoms with E-state index in [0.717, 1.165) is 25.7 Å². The number of anilines is 2. The summed E-state index contributed by atoms with van der Waals surface area (Å²) in [6.07, 6.45) is 5.32. The van der Waals surface area contributed by atoms with Crippen molar-refractivity contribution >= 4 is 63.6 Å². The smallest absolute Gasteiger partial charge is 0.350 e. The maximum Gasteiger partial charge on any atom is 0.350 e. The van der Waals surface area contributed by atoms with Gasteiger partial charge in [0.2, 0.25) is 5.91 Å². The molecule has 0 radical (unpaired) electrons. The van der Waals surface area contributed by atoms with Crippen LogP contribution in [0.1, 0.15) is 66.6 Å². The van der Waals surface area contributed by atoms with Gasteiger partial charge < -0.3 is 15.0 Å². The van der Waals surface area contributed by atoms with Gasteiger partial charge in [0.15, 0.2) is 5.82 Å². The molecule has 0 saturated heterocycles. The summed E-state index contributed by atoms with van der Waals surface area (Å²) in [4.78, 5) is 49.8. The molecule has 2 amide bonds. The van der Waals surface area contributed by atoms with E-state index in [0.29, 0.717) is 26.9 Å². The molecule has 37 heavy (non-hydrogen) atoms. The lowest BCUT2D eigenvalue weighted by Gasteiger charge is -2.33. The van der Waals surface area contributed by atoms with Crippen LogP contribution in [0.15, 0.2) is 29.2 Å². The Morgan fingerprint density at radius 3 is 2.49 bits per heavy atom. The van der Waals surface area contributed by atoms with Crippen LogP contribution >= 0.6 is 34.3 Å². The quantitative estimate of drug-likeness (QED) is 0.330. The predicted molar refractivity (Wildman–Crippen MR) is 148 cm³/mol. The van der Waals surface area contributed by atoms with Crippen molar-refractivity contribution in [3.8, 4) is 10.4 Å². The summed E-state index contributed by atoms with van der Waals surface area (Å²) in [5, 5.41) is 4.53. The second-order valence-electron chi connectivity index (χ2n) is 9.46. The van der Waals surface area contributed by atoms with Gasteiger partial charge in [-0.05, 0) is 57.6 Å². The van der Waals surface area contributed by atoms with Crippen molar-refractivity contribution in [1.29, 1.82) is 0 Å². The first-order valence-electron chi connectivity index (χ1n) is 12.1. The molecule has 0 aliphatic heterocycles. The molecule has 1 saturated carbocycles. The molecule has 0 aromatic carbocycles. The number of carbonyl (C=O) groups excluding carboxylic acids is 3. The number of amides is 2. The average molecular weight is 561 g/mol. The number of carbonyl (C=O) groups is 3. The van der Waals surface area contributed by atoms with Gasteiger partial charge >= 0.3 is 5.97 Å². The van der Waals surface area contributed by atoms with Crippen molar-refractivity contribution in [3.63, 3.8) is 0 Å². The van der Waals surface area contributed by atoms with Crippen LogP contribution in [0.5, 0.6) is 0 Å². The number of rotatable bonds is 7. The molecule has 3 aromatic heterocycles. The Morgan fingerprint density at radius 1 is 1.16 bits per heavy atom. The molecule has 3 aromatic rings. The van der Waals surface area contributed by atoms with Gasteiger partial charge in [0, 0.05) is 34.0 Å². The fraction of sp³-hybridized carbons (Fsp3) is 0.423. The Balaban J connectivity index is 1.65. The molecule has 0 bridgehead atoms. The maximum absolute atomic E-state index is 13.7. The molecule has 1 aliphatic rings. The summed E-state index contributed by atoms with van der Waals surface area (Å²) in [6.45, 7) is 6.11. The zero-order valence-electron chi connectivity index (χ0n) is 21.1. The number of nitrogens with zero attached hydrogens (tertiary/aromatic N) is 3. The molecule has 0 unspecified atom stereocenters. The molecule has 11 heteroatoms. The van der Waals surface area contributed by atoms with E-state index < -0.39 is 11.9 Å². The lowest BCUT2D eigenvalue weighted by Crippen LogP contribution is -2.42. The second-order valence-corrected chi connectivity index (χ2v) is 11.6. The van der Waals surface area contributed by atoms with Crippen LogP contribution in [0, 0.1) is 11.8 Å². The monoisotopic (exact) mass is 560 g/mol. The Bertz CT molecular complexity index is 1280. The molecule has 3 heterocycles. The summed E-state index contributed by atoms with van der Waals surface area (Å²) < 4.78 is 5.06. The number of nitrogens with one attached hydrogen (secondary N) is 1. The molecule has 8 nitrogen and oxygen atoms in total. The van der Waals surface area contributed by atoms with Crippen LogP contribution in [-0.2, 0) is 9.53 Å². The molecule has 0 spiro atoms. The van der Waals surface area contributed by atoms with Gasteiger partial charge in [-0.25, -0.2) is 14.8 Å². The number of esters is 1. The van der Waals surface area contributed by atoms with E-state index in [2.05, 4.69) is 22.2 Å². The SMILES string of the molecule is COC(=O)c1sc(-c2cnc(NC(=O)c3cscn3)c(Cl)c2)cc1N(C(=O)[C@H]1CC[C@H](C)CC1)C(C)C. The second kappa shape index (κ2) is 11.7. The van der Waals surface area contributed by atoms with E-state index in [1.54, 1.807) is 28.1 Å². The summed E-state index contributed by atoms with van der Waals surface area (Å²) >= 11 is 8.99. The minimum absolute atomic E-state index is 0.0349. The van der Waals surface area contributed by atoms with E-state index in [4.69, 9.17) is 16.3 Å². The molecular formula is C26H29ClN4O4S2. The number of thiophene rings is 1. The van der Waals surface area contributed by atoms with Crippen LogP contribution in [-0.4, -0.2) is 40.9 Å². The molecular weight excluding hydrogens is 532 g/mol. The molecule has 4 rings (SSSR count). The Labute approximate surface area is 229 Å². The lowest BCUT2D eigenvalue weighted by atomic mass is 9.82. The number of aromatic nitrogens is 2. The molecule has 196 valence electrons.